The summed E-state index contributed by atoms with van der Waals surface area (Å²) in [6.07, 6.45) is 0. The fourth-order valence-electron chi connectivity index (χ4n) is 0.807. The molecule has 0 unspecified atom stereocenters. The van der Waals surface area contributed by atoms with Crippen molar-refractivity contribution in [2.24, 2.45) is 0 Å². The van der Waals surface area contributed by atoms with Crippen LogP contribution >= 0.6 is 0 Å². The number of aromatic hydroxyl groups is 1. The van der Waals surface area contributed by atoms with E-state index in [9.17, 15) is 8.42 Å². The maximum atomic E-state index is 10.3. The van der Waals surface area contributed by atoms with Crippen molar-refractivity contribution in [2.45, 2.75) is 0 Å². The summed E-state index contributed by atoms with van der Waals surface area (Å²) in [6.45, 7) is -0.121. The first-order valence-corrected chi connectivity index (χ1v) is 5.45. The molecule has 0 aliphatic carbocycles. The predicted molar refractivity (Wildman–Crippen MR) is 64.3 cm³/mol. The van der Waals surface area contributed by atoms with E-state index in [0.29, 0.717) is 5.75 Å². The van der Waals surface area contributed by atoms with E-state index in [0.717, 1.165) is 0 Å². The molecule has 0 amide bonds. The molecule has 0 aliphatic rings. The van der Waals surface area contributed by atoms with Gasteiger partial charge in [-0.15, -0.1) is 0 Å². The zero-order valence-electron chi connectivity index (χ0n) is 7.25. The van der Waals surface area contributed by atoms with Gasteiger partial charge in [0.2, 0.25) is 0 Å². The van der Waals surface area contributed by atoms with Crippen LogP contribution in [0.15, 0.2) is 24.3 Å². The second-order valence-electron chi connectivity index (χ2n) is 2.63. The Labute approximate surface area is 139 Å². The average Bonchev–Trinajstić information content (AvgIpc) is 2.06. The van der Waals surface area contributed by atoms with E-state index >= 15 is 0 Å². The van der Waals surface area contributed by atoms with E-state index in [2.05, 4.69) is 0 Å². The third-order valence-electron chi connectivity index (χ3n) is 1.45. The van der Waals surface area contributed by atoms with Crippen LogP contribution in [0, 0.1) is 0 Å². The summed E-state index contributed by atoms with van der Waals surface area (Å²) in [5.74, 6) is 0.0898. The summed E-state index contributed by atoms with van der Waals surface area (Å²) in [5.41, 5.74) is 0. The molecular formula is C8H12Na2O5S. The molecule has 5 nitrogen and oxygen atoms in total. The Morgan fingerprint density at radius 3 is 2.06 bits per heavy atom. The molecule has 16 heavy (non-hydrogen) atoms. The van der Waals surface area contributed by atoms with Crippen molar-refractivity contribution in [3.05, 3.63) is 24.3 Å². The van der Waals surface area contributed by atoms with Crippen molar-refractivity contribution in [1.82, 2.24) is 0 Å². The van der Waals surface area contributed by atoms with Crippen molar-refractivity contribution >= 4 is 69.2 Å². The van der Waals surface area contributed by atoms with Gasteiger partial charge in [-0.05, 0) is 24.3 Å². The van der Waals surface area contributed by atoms with Crippen LogP contribution < -0.4 is 4.74 Å². The van der Waals surface area contributed by atoms with Gasteiger partial charge in [-0.1, -0.05) is 0 Å². The molecule has 0 saturated carbocycles. The molecule has 8 heteroatoms. The van der Waals surface area contributed by atoms with Crippen LogP contribution in [0.3, 0.4) is 0 Å². The fourth-order valence-corrected chi connectivity index (χ4v) is 1.10. The molecule has 0 heterocycles. The summed E-state index contributed by atoms with van der Waals surface area (Å²) in [5, 5.41) is 8.92. The fraction of sp³-hybridized carbons (Fsp3) is 0.250. The number of benzene rings is 1. The zero-order chi connectivity index (χ0) is 10.6. The van der Waals surface area contributed by atoms with Crippen LogP contribution in [0.5, 0.6) is 11.5 Å². The van der Waals surface area contributed by atoms with Crippen LogP contribution in [0.2, 0.25) is 0 Å². The Morgan fingerprint density at radius 1 is 1.12 bits per heavy atom. The summed E-state index contributed by atoms with van der Waals surface area (Å²) < 4.78 is 34.0. The minimum absolute atomic E-state index is 0. The van der Waals surface area contributed by atoms with Crippen molar-refractivity contribution in [3.8, 4) is 11.5 Å². The topological polar surface area (TPSA) is 83.8 Å². The Balaban J connectivity index is 0. The van der Waals surface area contributed by atoms with E-state index in [1.54, 1.807) is 0 Å². The average molecular weight is 266 g/mol. The molecular weight excluding hydrogens is 254 g/mol. The summed E-state index contributed by atoms with van der Waals surface area (Å²) >= 11 is 0. The molecule has 1 aromatic carbocycles. The summed E-state index contributed by atoms with van der Waals surface area (Å²) in [4.78, 5) is 0. The van der Waals surface area contributed by atoms with Crippen molar-refractivity contribution < 1.29 is 22.8 Å². The van der Waals surface area contributed by atoms with Crippen LogP contribution in [0.1, 0.15) is 0 Å². The van der Waals surface area contributed by atoms with Crippen LogP contribution in [-0.4, -0.2) is 89.6 Å². The first-order valence-electron chi connectivity index (χ1n) is 3.84. The molecule has 0 saturated heterocycles. The number of phenolic OH excluding ortho intramolecular Hbond substituents is 1. The molecule has 0 radical (unpaired) electrons. The first kappa shape index (κ1) is 19.1. The quantitative estimate of drug-likeness (QED) is 0.559. The third kappa shape index (κ3) is 8.83. The molecule has 0 atom stereocenters. The van der Waals surface area contributed by atoms with Gasteiger partial charge in [0.1, 0.15) is 23.9 Å². The minimum atomic E-state index is -3.98. The van der Waals surface area contributed by atoms with E-state index < -0.39 is 15.9 Å². The van der Waals surface area contributed by atoms with Crippen molar-refractivity contribution in [1.29, 1.82) is 0 Å². The molecule has 1 rings (SSSR count). The van der Waals surface area contributed by atoms with Gasteiger partial charge >= 0.3 is 59.1 Å². The number of ether oxygens (including phenoxy) is 1. The Bertz CT molecular complexity index is 389. The number of hydrogen-bond acceptors (Lipinski definition) is 4. The van der Waals surface area contributed by atoms with Gasteiger partial charge in [0, 0.05) is 0 Å². The second-order valence-corrected chi connectivity index (χ2v) is 4.20. The zero-order valence-corrected chi connectivity index (χ0v) is 8.07. The van der Waals surface area contributed by atoms with E-state index in [4.69, 9.17) is 14.4 Å². The summed E-state index contributed by atoms with van der Waals surface area (Å²) in [6, 6.07) is 5.84. The molecule has 0 fully saturated rings. The van der Waals surface area contributed by atoms with Crippen LogP contribution in [0.4, 0.5) is 0 Å². The SMILES string of the molecule is O=S(=O)(O)CCOc1ccc(O)cc1.[NaH].[NaH]. The number of hydrogen-bond donors (Lipinski definition) is 2. The standard InChI is InChI=1S/C8H10O5S.2Na.2H/c9-7-1-3-8(4-2-7)13-5-6-14(10,11)12;;;;/h1-4,9H,5-6H2,(H,10,11,12);;;;. The maximum absolute atomic E-state index is 10.3. The Kier molecular flexibility index (Phi) is 10.5. The van der Waals surface area contributed by atoms with Gasteiger partial charge < -0.3 is 9.84 Å². The normalized spacial score (nSPS) is 9.81. The van der Waals surface area contributed by atoms with Crippen molar-refractivity contribution in [3.63, 3.8) is 0 Å². The monoisotopic (exact) mass is 266 g/mol. The predicted octanol–water partition coefficient (Wildman–Crippen LogP) is -0.638. The number of phenols is 1. The van der Waals surface area contributed by atoms with Crippen molar-refractivity contribution in [2.75, 3.05) is 12.4 Å². The first-order chi connectivity index (χ1) is 6.47. The summed E-state index contributed by atoms with van der Waals surface area (Å²) in [7, 11) is -3.98. The third-order valence-corrected chi connectivity index (χ3v) is 2.13. The van der Waals surface area contributed by atoms with Gasteiger partial charge in [-0.3, -0.25) is 4.55 Å². The molecule has 0 spiro atoms. The Hall–Kier alpha value is 0.730. The van der Waals surface area contributed by atoms with Gasteiger partial charge in [0.25, 0.3) is 10.1 Å². The molecule has 0 aromatic heterocycles. The molecule has 1 aromatic rings. The van der Waals surface area contributed by atoms with Crippen LogP contribution in [0.25, 0.3) is 0 Å². The van der Waals surface area contributed by atoms with Gasteiger partial charge in [0.15, 0.2) is 0 Å². The van der Waals surface area contributed by atoms with Gasteiger partial charge in [0.05, 0.1) is 0 Å². The Morgan fingerprint density at radius 2 is 1.62 bits per heavy atom. The van der Waals surface area contributed by atoms with E-state index in [-0.39, 0.29) is 71.5 Å². The van der Waals surface area contributed by atoms with E-state index in [1.807, 2.05) is 0 Å². The van der Waals surface area contributed by atoms with Crippen LogP contribution in [-0.2, 0) is 10.1 Å². The molecule has 82 valence electrons. The van der Waals surface area contributed by atoms with Gasteiger partial charge in [-0.2, -0.15) is 8.42 Å². The second kappa shape index (κ2) is 8.77. The van der Waals surface area contributed by atoms with E-state index in [1.165, 1.54) is 24.3 Å². The molecule has 2 N–H and O–H groups in total. The molecule has 0 aliphatic heterocycles. The molecule has 0 bridgehead atoms. The number of rotatable bonds is 4. The van der Waals surface area contributed by atoms with Gasteiger partial charge in [-0.25, -0.2) is 0 Å².